The Kier molecular flexibility index (Phi) is 6.47. The predicted molar refractivity (Wildman–Crippen MR) is 127 cm³/mol. The van der Waals surface area contributed by atoms with E-state index in [9.17, 15) is 22.4 Å². The number of aliphatic imine (C=N–C) groups is 1. The van der Waals surface area contributed by atoms with E-state index >= 15 is 0 Å². The monoisotopic (exact) mass is 506 g/mol. The van der Waals surface area contributed by atoms with Crippen molar-refractivity contribution in [3.8, 4) is 17.0 Å². The van der Waals surface area contributed by atoms with Gasteiger partial charge in [0.2, 0.25) is 0 Å². The van der Waals surface area contributed by atoms with Crippen molar-refractivity contribution in [1.82, 2.24) is 15.0 Å². The summed E-state index contributed by atoms with van der Waals surface area (Å²) in [5, 5.41) is 0. The number of carbonyl (C=O) groups excluding carboxylic acids is 1. The Morgan fingerprint density at radius 1 is 1.00 bits per heavy atom. The van der Waals surface area contributed by atoms with Crippen LogP contribution >= 0.6 is 0 Å². The van der Waals surface area contributed by atoms with Crippen LogP contribution in [0, 0.1) is 5.82 Å². The largest absolute Gasteiger partial charge is 0.573 e. The average molecular weight is 506 g/mol. The van der Waals surface area contributed by atoms with Crippen molar-refractivity contribution in [3.05, 3.63) is 101 Å². The van der Waals surface area contributed by atoms with E-state index in [0.717, 1.165) is 23.4 Å². The number of rotatable bonds is 7. The highest BCUT2D eigenvalue weighted by atomic mass is 19.4. The van der Waals surface area contributed by atoms with Crippen LogP contribution in [-0.4, -0.2) is 33.3 Å². The number of nitrogens with zero attached hydrogens (tertiary/aromatic N) is 4. The number of carbonyl (C=O) groups is 1. The number of pyridine rings is 1. The summed E-state index contributed by atoms with van der Waals surface area (Å²) in [5.74, 6) is -1.66. The van der Waals surface area contributed by atoms with Gasteiger partial charge in [-0.15, -0.1) is 13.2 Å². The first kappa shape index (κ1) is 24.2. The van der Waals surface area contributed by atoms with E-state index < -0.39 is 23.7 Å². The summed E-state index contributed by atoms with van der Waals surface area (Å²) in [6.45, 7) is 0. The van der Waals surface area contributed by atoms with Crippen LogP contribution in [-0.2, 0) is 19.3 Å². The van der Waals surface area contributed by atoms with Gasteiger partial charge in [0.25, 0.3) is 0 Å². The molecule has 0 amide bonds. The van der Waals surface area contributed by atoms with Crippen LogP contribution in [0.25, 0.3) is 11.3 Å². The van der Waals surface area contributed by atoms with Crippen LogP contribution in [0.1, 0.15) is 32.9 Å². The van der Waals surface area contributed by atoms with Crippen molar-refractivity contribution >= 4 is 17.7 Å². The Morgan fingerprint density at radius 3 is 2.70 bits per heavy atom. The molecule has 0 aliphatic carbocycles. The predicted octanol–water partition coefficient (Wildman–Crippen LogP) is 5.85. The SMILES string of the molecule is O=C(Cc1cc(Cc2ncccc2-c2ncnc3c2N=CC3)ccc1F)c1cccc(OC(F)(F)F)c1. The van der Waals surface area contributed by atoms with Crippen LogP contribution in [0.5, 0.6) is 5.75 Å². The minimum atomic E-state index is -4.88. The molecular formula is C27H18F4N4O2. The molecule has 2 aromatic heterocycles. The van der Waals surface area contributed by atoms with E-state index in [-0.39, 0.29) is 17.5 Å². The van der Waals surface area contributed by atoms with E-state index in [0.29, 0.717) is 35.5 Å². The average Bonchev–Trinajstić information content (AvgIpc) is 3.35. The highest BCUT2D eigenvalue weighted by Gasteiger charge is 2.31. The minimum Gasteiger partial charge on any atom is -0.406 e. The summed E-state index contributed by atoms with van der Waals surface area (Å²) >= 11 is 0. The maximum Gasteiger partial charge on any atom is 0.573 e. The molecule has 37 heavy (non-hydrogen) atoms. The van der Waals surface area contributed by atoms with Crippen LogP contribution in [0.2, 0.25) is 0 Å². The number of hydrogen-bond acceptors (Lipinski definition) is 6. The molecule has 5 rings (SSSR count). The Bertz CT molecular complexity index is 1520. The van der Waals surface area contributed by atoms with Gasteiger partial charge in [0.1, 0.15) is 29.3 Å². The molecule has 0 radical (unpaired) electrons. The van der Waals surface area contributed by atoms with Gasteiger partial charge in [-0.25, -0.2) is 14.4 Å². The molecule has 1 aliphatic rings. The van der Waals surface area contributed by atoms with Gasteiger partial charge in [0.15, 0.2) is 5.78 Å². The van der Waals surface area contributed by atoms with Crippen LogP contribution in [0.3, 0.4) is 0 Å². The van der Waals surface area contributed by atoms with Gasteiger partial charge in [0, 0.05) is 42.8 Å². The molecule has 0 spiro atoms. The van der Waals surface area contributed by atoms with Gasteiger partial charge in [0.05, 0.1) is 11.4 Å². The Hall–Kier alpha value is -4.47. The third-order valence-corrected chi connectivity index (χ3v) is 5.77. The summed E-state index contributed by atoms with van der Waals surface area (Å²) in [7, 11) is 0. The fraction of sp³-hybridized carbons (Fsp3) is 0.148. The number of benzene rings is 2. The Labute approximate surface area is 208 Å². The quantitative estimate of drug-likeness (QED) is 0.232. The Balaban J connectivity index is 1.39. The summed E-state index contributed by atoms with van der Waals surface area (Å²) in [5.41, 5.74) is 4.43. The highest BCUT2D eigenvalue weighted by Crippen LogP contribution is 2.35. The first-order valence-electron chi connectivity index (χ1n) is 11.2. The molecule has 1 aliphatic heterocycles. The van der Waals surface area contributed by atoms with E-state index in [1.54, 1.807) is 30.6 Å². The number of aromatic nitrogens is 3. The molecule has 6 nitrogen and oxygen atoms in total. The van der Waals surface area contributed by atoms with Gasteiger partial charge in [-0.05, 0) is 41.5 Å². The molecule has 0 saturated heterocycles. The summed E-state index contributed by atoms with van der Waals surface area (Å²) in [6.07, 6.45) is 0.635. The maximum absolute atomic E-state index is 14.6. The Morgan fingerprint density at radius 2 is 1.86 bits per heavy atom. The van der Waals surface area contributed by atoms with Crippen molar-refractivity contribution in [2.45, 2.75) is 25.6 Å². The molecule has 2 aromatic carbocycles. The van der Waals surface area contributed by atoms with Gasteiger partial charge in [-0.2, -0.15) is 0 Å². The topological polar surface area (TPSA) is 77.3 Å². The molecule has 0 unspecified atom stereocenters. The van der Waals surface area contributed by atoms with Crippen LogP contribution in [0.15, 0.2) is 72.1 Å². The number of hydrogen-bond donors (Lipinski definition) is 0. The van der Waals surface area contributed by atoms with Crippen LogP contribution < -0.4 is 4.74 Å². The van der Waals surface area contributed by atoms with Crippen molar-refractivity contribution in [2.24, 2.45) is 4.99 Å². The summed E-state index contributed by atoms with van der Waals surface area (Å²) in [6, 6.07) is 12.8. The zero-order valence-corrected chi connectivity index (χ0v) is 19.2. The molecule has 0 fully saturated rings. The first-order chi connectivity index (χ1) is 17.8. The number of ether oxygens (including phenoxy) is 1. The van der Waals surface area contributed by atoms with Crippen molar-refractivity contribution in [1.29, 1.82) is 0 Å². The smallest absolute Gasteiger partial charge is 0.406 e. The second-order valence-electron chi connectivity index (χ2n) is 8.31. The number of fused-ring (bicyclic) bond motifs is 1. The first-order valence-corrected chi connectivity index (χ1v) is 11.2. The normalized spacial score (nSPS) is 12.4. The molecule has 10 heteroatoms. The second kappa shape index (κ2) is 9.88. The van der Waals surface area contributed by atoms with E-state index in [1.165, 1.54) is 24.5 Å². The molecule has 0 N–H and O–H groups in total. The molecule has 0 saturated carbocycles. The highest BCUT2D eigenvalue weighted by molar-refractivity contribution is 5.97. The van der Waals surface area contributed by atoms with E-state index in [2.05, 4.69) is 24.7 Å². The molecule has 186 valence electrons. The van der Waals surface area contributed by atoms with Crippen LogP contribution in [0.4, 0.5) is 23.2 Å². The second-order valence-corrected chi connectivity index (χ2v) is 8.31. The lowest BCUT2D eigenvalue weighted by atomic mass is 9.97. The summed E-state index contributed by atoms with van der Waals surface area (Å²) < 4.78 is 56.1. The lowest BCUT2D eigenvalue weighted by molar-refractivity contribution is -0.274. The zero-order chi connectivity index (χ0) is 26.0. The lowest BCUT2D eigenvalue weighted by Crippen LogP contribution is -2.17. The molecule has 4 aromatic rings. The molecule has 3 heterocycles. The van der Waals surface area contributed by atoms with Crippen molar-refractivity contribution < 1.29 is 27.1 Å². The molecule has 0 bridgehead atoms. The van der Waals surface area contributed by atoms with Gasteiger partial charge >= 0.3 is 6.36 Å². The number of ketones is 1. The maximum atomic E-state index is 14.6. The minimum absolute atomic E-state index is 0.0169. The number of Topliss-reactive ketones (excluding diaryl/α,β-unsaturated/α-hetero) is 1. The van der Waals surface area contributed by atoms with Crippen molar-refractivity contribution in [2.75, 3.05) is 0 Å². The van der Waals surface area contributed by atoms with Gasteiger partial charge in [-0.3, -0.25) is 14.8 Å². The summed E-state index contributed by atoms with van der Waals surface area (Å²) in [4.78, 5) is 30.3. The molecule has 0 atom stereocenters. The number of halogens is 4. The van der Waals surface area contributed by atoms with E-state index in [4.69, 9.17) is 0 Å². The lowest BCUT2D eigenvalue weighted by Gasteiger charge is -2.12. The van der Waals surface area contributed by atoms with E-state index in [1.807, 2.05) is 6.07 Å². The zero-order valence-electron chi connectivity index (χ0n) is 19.2. The fourth-order valence-corrected chi connectivity index (χ4v) is 4.12. The third kappa shape index (κ3) is 5.53. The van der Waals surface area contributed by atoms with Gasteiger partial charge < -0.3 is 4.74 Å². The van der Waals surface area contributed by atoms with Crippen molar-refractivity contribution in [3.63, 3.8) is 0 Å². The van der Waals surface area contributed by atoms with Gasteiger partial charge in [-0.1, -0.05) is 24.3 Å². The fourth-order valence-electron chi connectivity index (χ4n) is 4.12. The number of alkyl halides is 3. The molecular weight excluding hydrogens is 488 g/mol. The standard InChI is InChI=1S/C27H18F4N4O2/c28-21-7-6-16(11-18(21)14-24(36)17-3-1-4-19(13-17)37-27(29,30)31)12-23-20(5-2-9-32-23)25-26-22(8-10-33-26)34-15-35-25/h1-7,9-11,13,15H,8,12,14H2. The third-order valence-electron chi connectivity index (χ3n) is 5.77.